The Bertz CT molecular complexity index is 1040. The van der Waals surface area contributed by atoms with Crippen molar-refractivity contribution in [2.24, 2.45) is 0 Å². The lowest BCUT2D eigenvalue weighted by atomic mass is 10.2. The number of hydrogen-bond acceptors (Lipinski definition) is 6. The molecule has 0 amide bonds. The summed E-state index contributed by atoms with van der Waals surface area (Å²) < 4.78 is 0. The first-order valence-corrected chi connectivity index (χ1v) is 9.76. The molecule has 0 saturated carbocycles. The number of pyridine rings is 3. The van der Waals surface area contributed by atoms with E-state index in [1.807, 2.05) is 55.7 Å². The van der Waals surface area contributed by atoms with Crippen LogP contribution in [0.4, 0.5) is 0 Å². The molecule has 144 valence electrons. The van der Waals surface area contributed by atoms with E-state index in [-0.39, 0.29) is 0 Å². The normalized spacial score (nSPS) is 10.9. The van der Waals surface area contributed by atoms with Crippen molar-refractivity contribution >= 4 is 0 Å². The van der Waals surface area contributed by atoms with E-state index < -0.39 is 0 Å². The Labute approximate surface area is 170 Å². The van der Waals surface area contributed by atoms with Crippen LogP contribution in [0.2, 0.25) is 0 Å². The molecule has 4 rings (SSSR count). The molecule has 0 spiro atoms. The number of aromatic nitrogens is 6. The summed E-state index contributed by atoms with van der Waals surface area (Å²) in [6.07, 6.45) is 7.39. The molecule has 0 aliphatic rings. The highest BCUT2D eigenvalue weighted by Crippen LogP contribution is 2.22. The lowest BCUT2D eigenvalue weighted by molar-refractivity contribution is 1.02. The summed E-state index contributed by atoms with van der Waals surface area (Å²) >= 11 is 0. The highest BCUT2D eigenvalue weighted by Gasteiger charge is 2.14. The zero-order chi connectivity index (χ0) is 20.2. The Kier molecular flexibility index (Phi) is 5.33. The lowest BCUT2D eigenvalue weighted by Crippen LogP contribution is -2.03. The van der Waals surface area contributed by atoms with Crippen molar-refractivity contribution in [3.8, 4) is 34.6 Å². The number of nitrogens with zero attached hydrogens (tertiary/aromatic N) is 6. The standard InChI is InChI=1S/C23H22N6/c1-4-16-7-10-19(25-13-16)22-27-21(18-9-6-15(3)12-24-18)28-23(29-22)20-11-8-17(5-2)14-26-20/h6-14H,4-5H2,1-3H3. The molecule has 0 aromatic carbocycles. The van der Waals surface area contributed by atoms with Gasteiger partial charge in [0.25, 0.3) is 0 Å². The van der Waals surface area contributed by atoms with Crippen LogP contribution >= 0.6 is 0 Å². The average Bonchev–Trinajstić information content (AvgIpc) is 2.79. The Hall–Kier alpha value is -3.54. The number of aryl methyl sites for hydroxylation is 3. The van der Waals surface area contributed by atoms with E-state index in [0.717, 1.165) is 18.4 Å². The zero-order valence-corrected chi connectivity index (χ0v) is 16.8. The largest absolute Gasteiger partial charge is 0.253 e. The fourth-order valence-electron chi connectivity index (χ4n) is 2.85. The first-order valence-electron chi connectivity index (χ1n) is 9.76. The van der Waals surface area contributed by atoms with Crippen LogP contribution in [0.5, 0.6) is 0 Å². The molecule has 0 fully saturated rings. The average molecular weight is 382 g/mol. The molecule has 4 aromatic heterocycles. The van der Waals surface area contributed by atoms with Crippen molar-refractivity contribution < 1.29 is 0 Å². The third-order valence-electron chi connectivity index (χ3n) is 4.70. The summed E-state index contributed by atoms with van der Waals surface area (Å²) in [5.74, 6) is 1.53. The second kappa shape index (κ2) is 8.22. The minimum absolute atomic E-state index is 0.507. The van der Waals surface area contributed by atoms with Gasteiger partial charge in [-0.25, -0.2) is 15.0 Å². The minimum Gasteiger partial charge on any atom is -0.253 e. The summed E-state index contributed by atoms with van der Waals surface area (Å²) in [5.41, 5.74) is 5.50. The van der Waals surface area contributed by atoms with Gasteiger partial charge in [0.15, 0.2) is 17.5 Å². The van der Waals surface area contributed by atoms with Crippen LogP contribution in [-0.2, 0) is 12.8 Å². The second-order valence-corrected chi connectivity index (χ2v) is 6.84. The van der Waals surface area contributed by atoms with E-state index in [1.54, 1.807) is 6.20 Å². The molecule has 0 N–H and O–H groups in total. The Balaban J connectivity index is 1.84. The van der Waals surface area contributed by atoms with Gasteiger partial charge in [0, 0.05) is 18.6 Å². The van der Waals surface area contributed by atoms with E-state index in [2.05, 4.69) is 43.8 Å². The van der Waals surface area contributed by atoms with Gasteiger partial charge in [-0.1, -0.05) is 32.0 Å². The van der Waals surface area contributed by atoms with Crippen LogP contribution in [0.25, 0.3) is 34.6 Å². The van der Waals surface area contributed by atoms with Crippen LogP contribution in [0.15, 0.2) is 55.0 Å². The second-order valence-electron chi connectivity index (χ2n) is 6.84. The Morgan fingerprint density at radius 3 is 1.28 bits per heavy atom. The van der Waals surface area contributed by atoms with Crippen LogP contribution in [0, 0.1) is 6.92 Å². The topological polar surface area (TPSA) is 77.3 Å². The predicted molar refractivity (Wildman–Crippen MR) is 113 cm³/mol. The van der Waals surface area contributed by atoms with Crippen LogP contribution < -0.4 is 0 Å². The Morgan fingerprint density at radius 1 is 0.552 bits per heavy atom. The third-order valence-corrected chi connectivity index (χ3v) is 4.70. The fourth-order valence-corrected chi connectivity index (χ4v) is 2.85. The maximum atomic E-state index is 4.65. The fraction of sp³-hybridized carbons (Fsp3) is 0.217. The summed E-state index contributed by atoms with van der Waals surface area (Å²) in [7, 11) is 0. The molecule has 0 aliphatic carbocycles. The SMILES string of the molecule is CCc1ccc(-c2nc(-c3ccc(C)cn3)nc(-c3ccc(CC)cn3)n2)nc1. The summed E-state index contributed by atoms with van der Waals surface area (Å²) in [4.78, 5) is 27.5. The molecule has 4 heterocycles. The monoisotopic (exact) mass is 382 g/mol. The molecule has 6 nitrogen and oxygen atoms in total. The molecule has 0 aliphatic heterocycles. The molecule has 4 aromatic rings. The first kappa shape index (κ1) is 18.8. The number of hydrogen-bond donors (Lipinski definition) is 0. The van der Waals surface area contributed by atoms with Crippen molar-refractivity contribution in [2.45, 2.75) is 33.6 Å². The summed E-state index contributed by atoms with van der Waals surface area (Å²) in [6.45, 7) is 6.20. The molecule has 0 atom stereocenters. The van der Waals surface area contributed by atoms with Gasteiger partial charge in [-0.05, 0) is 54.7 Å². The smallest absolute Gasteiger partial charge is 0.182 e. The molecule has 29 heavy (non-hydrogen) atoms. The van der Waals surface area contributed by atoms with Crippen molar-refractivity contribution in [3.63, 3.8) is 0 Å². The van der Waals surface area contributed by atoms with E-state index >= 15 is 0 Å². The van der Waals surface area contributed by atoms with E-state index in [4.69, 9.17) is 0 Å². The molecular weight excluding hydrogens is 360 g/mol. The van der Waals surface area contributed by atoms with Gasteiger partial charge >= 0.3 is 0 Å². The molecule has 6 heteroatoms. The lowest BCUT2D eigenvalue weighted by Gasteiger charge is -2.08. The Morgan fingerprint density at radius 2 is 0.966 bits per heavy atom. The maximum absolute atomic E-state index is 4.65. The van der Waals surface area contributed by atoms with Crippen LogP contribution in [0.1, 0.15) is 30.5 Å². The van der Waals surface area contributed by atoms with Crippen molar-refractivity contribution in [2.75, 3.05) is 0 Å². The zero-order valence-electron chi connectivity index (χ0n) is 16.8. The van der Waals surface area contributed by atoms with Gasteiger partial charge in [0.2, 0.25) is 0 Å². The summed E-state index contributed by atoms with van der Waals surface area (Å²) in [6, 6.07) is 11.9. The van der Waals surface area contributed by atoms with Crippen LogP contribution in [-0.4, -0.2) is 29.9 Å². The summed E-state index contributed by atoms with van der Waals surface area (Å²) in [5, 5.41) is 0. The number of rotatable bonds is 5. The minimum atomic E-state index is 0.507. The van der Waals surface area contributed by atoms with Gasteiger partial charge in [0.1, 0.15) is 17.1 Å². The van der Waals surface area contributed by atoms with E-state index in [9.17, 15) is 0 Å². The van der Waals surface area contributed by atoms with Gasteiger partial charge in [-0.3, -0.25) is 15.0 Å². The van der Waals surface area contributed by atoms with Gasteiger partial charge < -0.3 is 0 Å². The van der Waals surface area contributed by atoms with E-state index in [1.165, 1.54) is 11.1 Å². The molecule has 0 unspecified atom stereocenters. The highest BCUT2D eigenvalue weighted by atomic mass is 15.1. The maximum Gasteiger partial charge on any atom is 0.182 e. The van der Waals surface area contributed by atoms with Crippen molar-refractivity contribution in [1.82, 2.24) is 29.9 Å². The molecule has 0 radical (unpaired) electrons. The van der Waals surface area contributed by atoms with E-state index in [0.29, 0.717) is 34.6 Å². The van der Waals surface area contributed by atoms with Crippen LogP contribution in [0.3, 0.4) is 0 Å². The predicted octanol–water partition coefficient (Wildman–Crippen LogP) is 4.49. The third kappa shape index (κ3) is 4.16. The molecule has 0 bridgehead atoms. The molecule has 0 saturated heterocycles. The van der Waals surface area contributed by atoms with Gasteiger partial charge in [-0.15, -0.1) is 0 Å². The van der Waals surface area contributed by atoms with Crippen molar-refractivity contribution in [1.29, 1.82) is 0 Å². The van der Waals surface area contributed by atoms with Gasteiger partial charge in [0.05, 0.1) is 0 Å². The quantitative estimate of drug-likeness (QED) is 0.506. The van der Waals surface area contributed by atoms with Gasteiger partial charge in [-0.2, -0.15) is 0 Å². The first-order chi connectivity index (χ1) is 14.2. The molecular formula is C23H22N6. The highest BCUT2D eigenvalue weighted by molar-refractivity contribution is 5.61. The van der Waals surface area contributed by atoms with Crippen molar-refractivity contribution in [3.05, 3.63) is 71.7 Å².